The fraction of sp³-hybridized carbons (Fsp3) is 0.500. The van der Waals surface area contributed by atoms with Gasteiger partial charge < -0.3 is 20.1 Å². The van der Waals surface area contributed by atoms with Crippen LogP contribution in [-0.2, 0) is 11.3 Å². The SMILES string of the molecule is COc1ccc(COC(=O)N2CCC(N)CC2)cc1. The Bertz CT molecular complexity index is 411. The first-order valence-corrected chi connectivity index (χ1v) is 6.49. The summed E-state index contributed by atoms with van der Waals surface area (Å²) in [5.74, 6) is 0.792. The summed E-state index contributed by atoms with van der Waals surface area (Å²) in [5.41, 5.74) is 6.75. The van der Waals surface area contributed by atoms with Crippen molar-refractivity contribution in [2.75, 3.05) is 20.2 Å². The van der Waals surface area contributed by atoms with Gasteiger partial charge in [-0.15, -0.1) is 0 Å². The number of piperidine rings is 1. The number of methoxy groups -OCH3 is 1. The first kappa shape index (κ1) is 13.7. The Morgan fingerprint density at radius 2 is 1.95 bits per heavy atom. The second-order valence-electron chi connectivity index (χ2n) is 4.73. The Hall–Kier alpha value is -1.75. The molecule has 0 aliphatic carbocycles. The van der Waals surface area contributed by atoms with Crippen LogP contribution >= 0.6 is 0 Å². The summed E-state index contributed by atoms with van der Waals surface area (Å²) in [6.45, 7) is 1.65. The van der Waals surface area contributed by atoms with E-state index in [9.17, 15) is 4.79 Å². The van der Waals surface area contributed by atoms with Crippen LogP contribution in [0.4, 0.5) is 4.79 Å². The Morgan fingerprint density at radius 1 is 1.32 bits per heavy atom. The minimum Gasteiger partial charge on any atom is -0.497 e. The molecule has 1 fully saturated rings. The summed E-state index contributed by atoms with van der Waals surface area (Å²) in [4.78, 5) is 13.6. The first-order chi connectivity index (χ1) is 9.19. The third-order valence-corrected chi connectivity index (χ3v) is 3.32. The molecule has 104 valence electrons. The zero-order chi connectivity index (χ0) is 13.7. The van der Waals surface area contributed by atoms with Crippen LogP contribution in [0.1, 0.15) is 18.4 Å². The van der Waals surface area contributed by atoms with Gasteiger partial charge in [0.15, 0.2) is 0 Å². The van der Waals surface area contributed by atoms with E-state index in [0.717, 1.165) is 24.2 Å². The summed E-state index contributed by atoms with van der Waals surface area (Å²) in [6, 6.07) is 7.69. The fourth-order valence-corrected chi connectivity index (χ4v) is 2.04. The number of carbonyl (C=O) groups is 1. The lowest BCUT2D eigenvalue weighted by molar-refractivity contribution is 0.0873. The van der Waals surface area contributed by atoms with E-state index in [1.54, 1.807) is 12.0 Å². The molecule has 1 heterocycles. The van der Waals surface area contributed by atoms with Crippen LogP contribution < -0.4 is 10.5 Å². The summed E-state index contributed by atoms with van der Waals surface area (Å²) in [7, 11) is 1.62. The highest BCUT2D eigenvalue weighted by molar-refractivity contribution is 5.67. The molecule has 1 aliphatic heterocycles. The zero-order valence-corrected chi connectivity index (χ0v) is 11.2. The molecule has 1 aromatic rings. The van der Waals surface area contributed by atoms with Crippen LogP contribution in [0.15, 0.2) is 24.3 Å². The number of likely N-dealkylation sites (tertiary alicyclic amines) is 1. The second kappa shape index (κ2) is 6.43. The molecule has 1 saturated heterocycles. The highest BCUT2D eigenvalue weighted by Crippen LogP contribution is 2.14. The molecule has 0 atom stereocenters. The highest BCUT2D eigenvalue weighted by atomic mass is 16.6. The molecule has 0 spiro atoms. The number of carbonyl (C=O) groups excluding carboxylic acids is 1. The number of hydrogen-bond donors (Lipinski definition) is 1. The Labute approximate surface area is 113 Å². The highest BCUT2D eigenvalue weighted by Gasteiger charge is 2.21. The van der Waals surface area contributed by atoms with Crippen molar-refractivity contribution in [1.82, 2.24) is 4.90 Å². The van der Waals surface area contributed by atoms with Gasteiger partial charge in [0, 0.05) is 19.1 Å². The monoisotopic (exact) mass is 264 g/mol. The third-order valence-electron chi connectivity index (χ3n) is 3.32. The minimum atomic E-state index is -0.261. The average molecular weight is 264 g/mol. The summed E-state index contributed by atoms with van der Waals surface area (Å²) < 4.78 is 10.4. The van der Waals surface area contributed by atoms with Crippen molar-refractivity contribution < 1.29 is 14.3 Å². The predicted molar refractivity (Wildman–Crippen MR) is 72.0 cm³/mol. The van der Waals surface area contributed by atoms with Crippen LogP contribution in [0.2, 0.25) is 0 Å². The van der Waals surface area contributed by atoms with Gasteiger partial charge >= 0.3 is 6.09 Å². The normalized spacial score (nSPS) is 16.2. The quantitative estimate of drug-likeness (QED) is 0.903. The van der Waals surface area contributed by atoms with Crippen molar-refractivity contribution in [3.63, 3.8) is 0 Å². The Balaban J connectivity index is 1.79. The Kier molecular flexibility index (Phi) is 4.63. The molecule has 2 N–H and O–H groups in total. The van der Waals surface area contributed by atoms with E-state index in [4.69, 9.17) is 15.2 Å². The Morgan fingerprint density at radius 3 is 2.53 bits per heavy atom. The summed E-state index contributed by atoms with van der Waals surface area (Å²) >= 11 is 0. The number of ether oxygens (including phenoxy) is 2. The van der Waals surface area contributed by atoms with Crippen LogP contribution in [0.25, 0.3) is 0 Å². The maximum Gasteiger partial charge on any atom is 0.410 e. The lowest BCUT2D eigenvalue weighted by Crippen LogP contribution is -2.43. The molecular formula is C14H20N2O3. The predicted octanol–water partition coefficient (Wildman–Crippen LogP) is 1.75. The molecule has 0 unspecified atom stereocenters. The van der Waals surface area contributed by atoms with E-state index in [-0.39, 0.29) is 18.7 Å². The van der Waals surface area contributed by atoms with Gasteiger partial charge in [-0.3, -0.25) is 0 Å². The molecule has 5 heteroatoms. The molecule has 0 bridgehead atoms. The van der Waals surface area contributed by atoms with Gasteiger partial charge in [0.05, 0.1) is 7.11 Å². The lowest BCUT2D eigenvalue weighted by Gasteiger charge is -2.29. The van der Waals surface area contributed by atoms with Crippen molar-refractivity contribution in [1.29, 1.82) is 0 Å². The summed E-state index contributed by atoms with van der Waals surface area (Å²) in [5, 5.41) is 0. The van der Waals surface area contributed by atoms with E-state index in [0.29, 0.717) is 13.1 Å². The first-order valence-electron chi connectivity index (χ1n) is 6.49. The molecule has 1 aliphatic rings. The number of hydrogen-bond acceptors (Lipinski definition) is 4. The molecule has 0 aromatic heterocycles. The van der Waals surface area contributed by atoms with E-state index in [1.807, 2.05) is 24.3 Å². The standard InChI is InChI=1S/C14H20N2O3/c1-18-13-4-2-11(3-5-13)10-19-14(17)16-8-6-12(15)7-9-16/h2-5,12H,6-10,15H2,1H3. The molecule has 2 rings (SSSR count). The molecule has 1 amide bonds. The van der Waals surface area contributed by atoms with Crippen molar-refractivity contribution >= 4 is 6.09 Å². The van der Waals surface area contributed by atoms with Gasteiger partial charge in [0.1, 0.15) is 12.4 Å². The maximum absolute atomic E-state index is 11.8. The number of rotatable bonds is 3. The minimum absolute atomic E-state index is 0.214. The second-order valence-corrected chi connectivity index (χ2v) is 4.73. The van der Waals surface area contributed by atoms with Crippen molar-refractivity contribution in [2.45, 2.75) is 25.5 Å². The number of amides is 1. The van der Waals surface area contributed by atoms with Gasteiger partial charge in [-0.05, 0) is 30.5 Å². The van der Waals surface area contributed by atoms with Crippen molar-refractivity contribution in [2.24, 2.45) is 5.73 Å². The molecule has 5 nitrogen and oxygen atoms in total. The lowest BCUT2D eigenvalue weighted by atomic mass is 10.1. The van der Waals surface area contributed by atoms with E-state index < -0.39 is 0 Å². The van der Waals surface area contributed by atoms with Crippen molar-refractivity contribution in [3.05, 3.63) is 29.8 Å². The number of nitrogens with two attached hydrogens (primary N) is 1. The van der Waals surface area contributed by atoms with Gasteiger partial charge in [-0.2, -0.15) is 0 Å². The molecular weight excluding hydrogens is 244 g/mol. The fourth-order valence-electron chi connectivity index (χ4n) is 2.04. The van der Waals surface area contributed by atoms with Crippen LogP contribution in [0.5, 0.6) is 5.75 Å². The third kappa shape index (κ3) is 3.86. The molecule has 19 heavy (non-hydrogen) atoms. The van der Waals surface area contributed by atoms with Crippen LogP contribution in [0.3, 0.4) is 0 Å². The van der Waals surface area contributed by atoms with Gasteiger partial charge in [0.2, 0.25) is 0 Å². The number of benzene rings is 1. The van der Waals surface area contributed by atoms with Crippen LogP contribution in [-0.4, -0.2) is 37.2 Å². The van der Waals surface area contributed by atoms with E-state index in [2.05, 4.69) is 0 Å². The zero-order valence-electron chi connectivity index (χ0n) is 11.2. The summed E-state index contributed by atoms with van der Waals surface area (Å²) in [6.07, 6.45) is 1.43. The maximum atomic E-state index is 11.8. The topological polar surface area (TPSA) is 64.8 Å². The van der Waals surface area contributed by atoms with E-state index in [1.165, 1.54) is 0 Å². The molecule has 0 saturated carbocycles. The average Bonchev–Trinajstić information content (AvgIpc) is 2.46. The van der Waals surface area contributed by atoms with E-state index >= 15 is 0 Å². The van der Waals surface area contributed by atoms with Gasteiger partial charge in [-0.25, -0.2) is 4.79 Å². The van der Waals surface area contributed by atoms with Crippen molar-refractivity contribution in [3.8, 4) is 5.75 Å². The van der Waals surface area contributed by atoms with Crippen LogP contribution in [0, 0.1) is 0 Å². The molecule has 0 radical (unpaired) electrons. The molecule has 1 aromatic carbocycles. The smallest absolute Gasteiger partial charge is 0.410 e. The van der Waals surface area contributed by atoms with Gasteiger partial charge in [-0.1, -0.05) is 12.1 Å². The van der Waals surface area contributed by atoms with Gasteiger partial charge in [0.25, 0.3) is 0 Å². The largest absolute Gasteiger partial charge is 0.497 e. The number of nitrogens with zero attached hydrogens (tertiary/aromatic N) is 1.